The molecule has 19 heavy (non-hydrogen) atoms. The number of aromatic hydroxyl groups is 2. The van der Waals surface area contributed by atoms with Gasteiger partial charge in [0.2, 0.25) is 11.8 Å². The normalized spacial score (nSPS) is 9.95. The first-order valence-electron chi connectivity index (χ1n) is 5.47. The first-order valence-corrected chi connectivity index (χ1v) is 5.47. The maximum absolute atomic E-state index is 11.4. The highest BCUT2D eigenvalue weighted by Gasteiger charge is 2.11. The summed E-state index contributed by atoms with van der Waals surface area (Å²) in [5.41, 5.74) is 6.64. The van der Waals surface area contributed by atoms with Gasteiger partial charge in [0.25, 0.3) is 0 Å². The molecule has 7 heteroatoms. The average molecular weight is 263 g/mol. The topological polar surface area (TPSA) is 95.8 Å². The molecule has 2 rings (SSSR count). The molecule has 1 aromatic heterocycles. The van der Waals surface area contributed by atoms with Gasteiger partial charge >= 0.3 is 6.09 Å². The molecule has 1 amide bonds. The first-order chi connectivity index (χ1) is 9.06. The minimum Gasteiger partial charge on any atom is -0.492 e. The van der Waals surface area contributed by atoms with E-state index in [1.54, 1.807) is 12.1 Å². The fraction of sp³-hybridized carbons (Fsp3) is 0.0833. The summed E-state index contributed by atoms with van der Waals surface area (Å²) in [6, 6.07) is 9.68. The molecule has 0 spiro atoms. The van der Waals surface area contributed by atoms with Crippen molar-refractivity contribution in [2.75, 3.05) is 5.43 Å². The van der Waals surface area contributed by atoms with Gasteiger partial charge in [0.15, 0.2) is 0 Å². The molecule has 0 radical (unpaired) electrons. The van der Waals surface area contributed by atoms with Crippen LogP contribution < -0.4 is 15.7 Å². The van der Waals surface area contributed by atoms with Crippen LogP contribution in [0.1, 0.15) is 5.56 Å². The van der Waals surface area contributed by atoms with E-state index in [0.717, 1.165) is 5.56 Å². The van der Waals surface area contributed by atoms with E-state index in [1.165, 1.54) is 12.1 Å². The Hall–Kier alpha value is -2.83. The number of amides is 1. The van der Waals surface area contributed by atoms with Crippen molar-refractivity contribution < 1.29 is 19.8 Å². The zero-order valence-electron chi connectivity index (χ0n) is 10.1. The predicted molar refractivity (Wildman–Crippen MR) is 67.7 cm³/mol. The number of benzene rings is 1. The molecule has 0 aliphatic carbocycles. The highest BCUT2D eigenvalue weighted by molar-refractivity contribution is 5.69. The van der Waals surface area contributed by atoms with Crippen molar-refractivity contribution in [3.8, 4) is 11.8 Å². The minimum absolute atomic E-state index is 0.386. The number of carbonyl (C=O) groups is 1. The number of aryl methyl sites for hydroxylation is 1. The lowest BCUT2D eigenvalue weighted by atomic mass is 10.2. The van der Waals surface area contributed by atoms with Crippen molar-refractivity contribution in [1.29, 1.82) is 0 Å². The second-order valence-corrected chi connectivity index (χ2v) is 3.84. The van der Waals surface area contributed by atoms with Crippen molar-refractivity contribution in [2.45, 2.75) is 6.92 Å². The molecule has 0 saturated heterocycles. The molecular weight excluding hydrogens is 250 g/mol. The average Bonchev–Trinajstić information content (AvgIpc) is 2.70. The largest absolute Gasteiger partial charge is 0.492 e. The van der Waals surface area contributed by atoms with E-state index in [9.17, 15) is 15.0 Å². The second kappa shape index (κ2) is 5.21. The monoisotopic (exact) mass is 263 g/mol. The highest BCUT2D eigenvalue weighted by atomic mass is 16.7. The Morgan fingerprint density at radius 3 is 2.26 bits per heavy atom. The molecule has 0 bridgehead atoms. The third-order valence-corrected chi connectivity index (χ3v) is 2.33. The van der Waals surface area contributed by atoms with Gasteiger partial charge in [0, 0.05) is 12.1 Å². The van der Waals surface area contributed by atoms with Gasteiger partial charge in [-0.25, -0.2) is 10.2 Å². The van der Waals surface area contributed by atoms with Crippen molar-refractivity contribution in [3.05, 3.63) is 42.0 Å². The lowest BCUT2D eigenvalue weighted by Crippen LogP contribution is -2.35. The molecule has 0 fully saturated rings. The van der Waals surface area contributed by atoms with Crippen LogP contribution in [0.5, 0.6) is 11.8 Å². The third-order valence-electron chi connectivity index (χ3n) is 2.33. The van der Waals surface area contributed by atoms with Gasteiger partial charge in [0.05, 0.1) is 5.69 Å². The molecule has 0 unspecified atom stereocenters. The van der Waals surface area contributed by atoms with E-state index in [0.29, 0.717) is 10.4 Å². The summed E-state index contributed by atoms with van der Waals surface area (Å²) in [4.78, 5) is 16.1. The minimum atomic E-state index is -0.887. The maximum atomic E-state index is 11.4. The van der Waals surface area contributed by atoms with E-state index >= 15 is 0 Å². The SMILES string of the molecule is Cc1ccc(NNC(=O)On2c(O)ccc2O)cc1. The number of hydrazine groups is 1. The molecule has 0 aliphatic heterocycles. The van der Waals surface area contributed by atoms with E-state index in [-0.39, 0.29) is 11.8 Å². The van der Waals surface area contributed by atoms with Crippen LogP contribution in [-0.2, 0) is 0 Å². The van der Waals surface area contributed by atoms with Gasteiger partial charge < -0.3 is 15.1 Å². The lowest BCUT2D eigenvalue weighted by Gasteiger charge is -2.10. The maximum Gasteiger partial charge on any atom is 0.450 e. The molecular formula is C12H13N3O4. The summed E-state index contributed by atoms with van der Waals surface area (Å²) >= 11 is 0. The Morgan fingerprint density at radius 2 is 1.68 bits per heavy atom. The Kier molecular flexibility index (Phi) is 3.46. The number of hydrogen-bond acceptors (Lipinski definition) is 5. The lowest BCUT2D eigenvalue weighted by molar-refractivity contribution is 0.110. The summed E-state index contributed by atoms with van der Waals surface area (Å²) in [5, 5.41) is 18.5. The van der Waals surface area contributed by atoms with Crippen LogP contribution in [0.15, 0.2) is 36.4 Å². The van der Waals surface area contributed by atoms with Gasteiger partial charge in [-0.1, -0.05) is 17.7 Å². The van der Waals surface area contributed by atoms with Crippen LogP contribution in [0.2, 0.25) is 0 Å². The zero-order chi connectivity index (χ0) is 13.8. The van der Waals surface area contributed by atoms with Gasteiger partial charge in [-0.3, -0.25) is 5.43 Å². The standard InChI is InChI=1S/C12H13N3O4/c1-8-2-4-9(5-3-8)13-14-12(18)19-15-10(16)6-7-11(15)17/h2-7,13,16-17H,1H3,(H,14,18). The van der Waals surface area contributed by atoms with E-state index in [4.69, 9.17) is 0 Å². The highest BCUT2D eigenvalue weighted by Crippen LogP contribution is 2.18. The fourth-order valence-corrected chi connectivity index (χ4v) is 1.36. The van der Waals surface area contributed by atoms with E-state index in [2.05, 4.69) is 15.7 Å². The number of anilines is 1. The van der Waals surface area contributed by atoms with Crippen LogP contribution in [0.3, 0.4) is 0 Å². The Morgan fingerprint density at radius 1 is 1.11 bits per heavy atom. The molecule has 2 aromatic rings. The van der Waals surface area contributed by atoms with Gasteiger partial charge in [-0.05, 0) is 19.1 Å². The number of carbonyl (C=O) groups excluding carboxylic acids is 1. The molecule has 100 valence electrons. The fourth-order valence-electron chi connectivity index (χ4n) is 1.36. The quantitative estimate of drug-likeness (QED) is 0.627. The van der Waals surface area contributed by atoms with Crippen molar-refractivity contribution in [2.24, 2.45) is 0 Å². The zero-order valence-corrected chi connectivity index (χ0v) is 10.1. The van der Waals surface area contributed by atoms with E-state index in [1.807, 2.05) is 19.1 Å². The first kappa shape index (κ1) is 12.6. The Bertz CT molecular complexity index is 558. The van der Waals surface area contributed by atoms with Crippen LogP contribution in [0.4, 0.5) is 10.5 Å². The van der Waals surface area contributed by atoms with Crippen molar-refractivity contribution >= 4 is 11.8 Å². The summed E-state index contributed by atoms with van der Waals surface area (Å²) in [6.07, 6.45) is -0.887. The second-order valence-electron chi connectivity index (χ2n) is 3.84. The Balaban J connectivity index is 1.90. The smallest absolute Gasteiger partial charge is 0.450 e. The Labute approximate surface area is 109 Å². The van der Waals surface area contributed by atoms with Crippen molar-refractivity contribution in [3.63, 3.8) is 0 Å². The summed E-state index contributed by atoms with van der Waals surface area (Å²) in [7, 11) is 0. The molecule has 1 heterocycles. The molecule has 4 N–H and O–H groups in total. The number of nitrogens with one attached hydrogen (secondary N) is 2. The van der Waals surface area contributed by atoms with Crippen LogP contribution in [-0.4, -0.2) is 21.0 Å². The van der Waals surface area contributed by atoms with E-state index < -0.39 is 6.09 Å². The number of aromatic nitrogens is 1. The molecule has 0 aliphatic rings. The van der Waals surface area contributed by atoms with Crippen LogP contribution >= 0.6 is 0 Å². The van der Waals surface area contributed by atoms with Crippen LogP contribution in [0, 0.1) is 6.92 Å². The molecule has 0 atom stereocenters. The summed E-state index contributed by atoms with van der Waals surface area (Å²) < 4.78 is 0.589. The van der Waals surface area contributed by atoms with Crippen molar-refractivity contribution in [1.82, 2.24) is 10.2 Å². The van der Waals surface area contributed by atoms with Gasteiger partial charge in [-0.2, -0.15) is 0 Å². The third kappa shape index (κ3) is 3.09. The van der Waals surface area contributed by atoms with Crippen LogP contribution in [0.25, 0.3) is 0 Å². The van der Waals surface area contributed by atoms with Gasteiger partial charge in [0.1, 0.15) is 0 Å². The predicted octanol–water partition coefficient (Wildman–Crippen LogP) is 1.37. The summed E-state index contributed by atoms with van der Waals surface area (Å²) in [6.45, 7) is 1.95. The molecule has 7 nitrogen and oxygen atoms in total. The summed E-state index contributed by atoms with van der Waals surface area (Å²) in [5.74, 6) is -0.772. The molecule has 1 aromatic carbocycles. The number of rotatable bonds is 3. The van der Waals surface area contributed by atoms with Gasteiger partial charge in [-0.15, -0.1) is 4.73 Å². The molecule has 0 saturated carbocycles. The number of hydrogen-bond donors (Lipinski definition) is 4. The number of nitrogens with zero attached hydrogens (tertiary/aromatic N) is 1.